The van der Waals surface area contributed by atoms with Crippen LogP contribution >= 0.6 is 0 Å². The summed E-state index contributed by atoms with van der Waals surface area (Å²) in [7, 11) is 1.56. The Balaban J connectivity index is 2.78. The number of benzene rings is 1. The molecule has 1 aromatic carbocycles. The van der Waals surface area contributed by atoms with Gasteiger partial charge in [0.2, 0.25) is 0 Å². The Morgan fingerprint density at radius 3 is 2.72 bits per heavy atom. The van der Waals surface area contributed by atoms with Crippen LogP contribution in [-0.2, 0) is 4.79 Å². The van der Waals surface area contributed by atoms with E-state index < -0.39 is 11.9 Å². The van der Waals surface area contributed by atoms with Crippen molar-refractivity contribution < 1.29 is 14.6 Å². The molecule has 1 aromatic heterocycles. The quantitative estimate of drug-likeness (QED) is 0.898. The molecule has 0 fully saturated rings. The Labute approximate surface area is 104 Å². The zero-order valence-corrected chi connectivity index (χ0v) is 10.5. The van der Waals surface area contributed by atoms with Crippen LogP contribution < -0.4 is 4.74 Å². The predicted octanol–water partition coefficient (Wildman–Crippen LogP) is 2.13. The molecule has 0 spiro atoms. The van der Waals surface area contributed by atoms with Gasteiger partial charge in [-0.1, -0.05) is 12.1 Å². The summed E-state index contributed by atoms with van der Waals surface area (Å²) in [6, 6.07) is 5.41. The number of rotatable bonds is 3. The van der Waals surface area contributed by atoms with E-state index in [0.717, 1.165) is 5.39 Å². The fourth-order valence-electron chi connectivity index (χ4n) is 1.88. The van der Waals surface area contributed by atoms with Crippen molar-refractivity contribution in [3.8, 4) is 5.75 Å². The zero-order valence-electron chi connectivity index (χ0n) is 10.5. The lowest BCUT2D eigenvalue weighted by Crippen LogP contribution is -2.11. The molecule has 0 aliphatic carbocycles. The van der Waals surface area contributed by atoms with Crippen molar-refractivity contribution in [1.82, 2.24) is 9.97 Å². The summed E-state index contributed by atoms with van der Waals surface area (Å²) in [6.45, 7) is 3.35. The highest BCUT2D eigenvalue weighted by Crippen LogP contribution is 2.29. The monoisotopic (exact) mass is 246 g/mol. The number of hydrogen-bond acceptors (Lipinski definition) is 4. The second kappa shape index (κ2) is 4.60. The predicted molar refractivity (Wildman–Crippen MR) is 66.9 cm³/mol. The summed E-state index contributed by atoms with van der Waals surface area (Å²) in [5.41, 5.74) is 1.17. The first-order valence-electron chi connectivity index (χ1n) is 5.58. The highest BCUT2D eigenvalue weighted by molar-refractivity contribution is 5.90. The number of nitrogens with zero attached hydrogens (tertiary/aromatic N) is 2. The average Bonchev–Trinajstić information content (AvgIpc) is 2.36. The Kier molecular flexibility index (Phi) is 3.14. The Bertz CT molecular complexity index is 610. The smallest absolute Gasteiger partial charge is 0.312 e. The maximum Gasteiger partial charge on any atom is 0.312 e. The van der Waals surface area contributed by atoms with Gasteiger partial charge in [-0.15, -0.1) is 0 Å². The van der Waals surface area contributed by atoms with E-state index in [9.17, 15) is 4.79 Å². The van der Waals surface area contributed by atoms with Gasteiger partial charge in [-0.05, 0) is 19.9 Å². The van der Waals surface area contributed by atoms with Crippen LogP contribution in [0.1, 0.15) is 24.4 Å². The lowest BCUT2D eigenvalue weighted by atomic mass is 10.0. The van der Waals surface area contributed by atoms with Crippen molar-refractivity contribution in [1.29, 1.82) is 0 Å². The SMILES string of the molecule is COc1cccc2c(C(C)C(=O)O)nc(C)nc12. The summed E-state index contributed by atoms with van der Waals surface area (Å²) >= 11 is 0. The van der Waals surface area contributed by atoms with Gasteiger partial charge in [0.1, 0.15) is 17.1 Å². The molecule has 5 nitrogen and oxygen atoms in total. The van der Waals surface area contributed by atoms with Gasteiger partial charge in [0.15, 0.2) is 0 Å². The molecule has 0 aliphatic heterocycles. The molecule has 1 heterocycles. The number of aliphatic carboxylic acids is 1. The summed E-state index contributed by atoms with van der Waals surface area (Å²) in [5.74, 6) is -0.425. The van der Waals surface area contributed by atoms with Gasteiger partial charge in [-0.3, -0.25) is 4.79 Å². The first-order valence-corrected chi connectivity index (χ1v) is 5.58. The first-order chi connectivity index (χ1) is 8.54. The zero-order chi connectivity index (χ0) is 13.3. The topological polar surface area (TPSA) is 72.3 Å². The van der Waals surface area contributed by atoms with Gasteiger partial charge in [-0.25, -0.2) is 9.97 Å². The van der Waals surface area contributed by atoms with Gasteiger partial charge in [-0.2, -0.15) is 0 Å². The number of carbonyl (C=O) groups is 1. The third kappa shape index (κ3) is 1.99. The minimum Gasteiger partial charge on any atom is -0.494 e. The van der Waals surface area contributed by atoms with Crippen molar-refractivity contribution in [3.05, 3.63) is 29.7 Å². The molecule has 1 atom stereocenters. The standard InChI is InChI=1S/C13H14N2O3/c1-7(13(16)17)11-9-5-4-6-10(18-3)12(9)15-8(2)14-11/h4-7H,1-3H3,(H,16,17). The molecule has 94 valence electrons. The highest BCUT2D eigenvalue weighted by atomic mass is 16.5. The van der Waals surface area contributed by atoms with E-state index in [-0.39, 0.29) is 0 Å². The maximum atomic E-state index is 11.1. The molecule has 0 saturated heterocycles. The molecular formula is C13H14N2O3. The number of hydrogen-bond donors (Lipinski definition) is 1. The number of para-hydroxylation sites is 1. The number of carboxylic acid groups (broad SMARTS) is 1. The molecule has 1 N–H and O–H groups in total. The number of carboxylic acids is 1. The first kappa shape index (κ1) is 12.3. The van der Waals surface area contributed by atoms with Gasteiger partial charge < -0.3 is 9.84 Å². The van der Waals surface area contributed by atoms with Crippen molar-refractivity contribution in [2.75, 3.05) is 7.11 Å². The van der Waals surface area contributed by atoms with Gasteiger partial charge >= 0.3 is 5.97 Å². The minimum absolute atomic E-state index is 0.518. The number of ether oxygens (including phenoxy) is 1. The third-order valence-electron chi connectivity index (χ3n) is 2.83. The molecule has 2 rings (SSSR count). The van der Waals surface area contributed by atoms with Crippen LogP contribution in [0.2, 0.25) is 0 Å². The molecule has 1 unspecified atom stereocenters. The summed E-state index contributed by atoms with van der Waals surface area (Å²) in [6.07, 6.45) is 0. The molecule has 2 aromatic rings. The number of aromatic nitrogens is 2. The van der Waals surface area contributed by atoms with Gasteiger partial charge in [0.25, 0.3) is 0 Å². The van der Waals surface area contributed by atoms with E-state index in [1.54, 1.807) is 33.1 Å². The maximum absolute atomic E-state index is 11.1. The molecular weight excluding hydrogens is 232 g/mol. The normalized spacial score (nSPS) is 12.4. The van der Waals surface area contributed by atoms with Crippen molar-refractivity contribution in [3.63, 3.8) is 0 Å². The van der Waals surface area contributed by atoms with Gasteiger partial charge in [0, 0.05) is 5.39 Å². The second-order valence-electron chi connectivity index (χ2n) is 4.07. The fourth-order valence-corrected chi connectivity index (χ4v) is 1.88. The summed E-state index contributed by atoms with van der Waals surface area (Å²) in [4.78, 5) is 19.7. The average molecular weight is 246 g/mol. The molecule has 0 radical (unpaired) electrons. The van der Waals surface area contributed by atoms with Crippen LogP contribution in [0.5, 0.6) is 5.75 Å². The summed E-state index contributed by atoms with van der Waals surface area (Å²) < 4.78 is 5.24. The molecule has 0 bridgehead atoms. The van der Waals surface area contributed by atoms with E-state index in [4.69, 9.17) is 9.84 Å². The van der Waals surface area contributed by atoms with Crippen LogP contribution in [0.25, 0.3) is 10.9 Å². The van der Waals surface area contributed by atoms with Crippen LogP contribution in [0.3, 0.4) is 0 Å². The van der Waals surface area contributed by atoms with E-state index in [1.807, 2.05) is 6.07 Å². The molecule has 0 saturated carbocycles. The fraction of sp³-hybridized carbons (Fsp3) is 0.308. The molecule has 5 heteroatoms. The van der Waals surface area contributed by atoms with Crippen molar-refractivity contribution >= 4 is 16.9 Å². The van der Waals surface area contributed by atoms with Crippen molar-refractivity contribution in [2.45, 2.75) is 19.8 Å². The van der Waals surface area contributed by atoms with Crippen LogP contribution in [-0.4, -0.2) is 28.2 Å². The van der Waals surface area contributed by atoms with Crippen LogP contribution in [0.15, 0.2) is 18.2 Å². The molecule has 18 heavy (non-hydrogen) atoms. The lowest BCUT2D eigenvalue weighted by Gasteiger charge is -2.12. The van der Waals surface area contributed by atoms with Crippen LogP contribution in [0.4, 0.5) is 0 Å². The minimum atomic E-state index is -0.905. The largest absolute Gasteiger partial charge is 0.494 e. The highest BCUT2D eigenvalue weighted by Gasteiger charge is 2.20. The molecule has 0 aliphatic rings. The molecule has 0 amide bonds. The summed E-state index contributed by atoms with van der Waals surface area (Å²) in [5, 5.41) is 9.84. The number of fused-ring (bicyclic) bond motifs is 1. The van der Waals surface area contributed by atoms with E-state index in [1.165, 1.54) is 0 Å². The lowest BCUT2D eigenvalue weighted by molar-refractivity contribution is -0.138. The van der Waals surface area contributed by atoms with E-state index >= 15 is 0 Å². The van der Waals surface area contributed by atoms with E-state index in [0.29, 0.717) is 22.8 Å². The van der Waals surface area contributed by atoms with E-state index in [2.05, 4.69) is 9.97 Å². The number of aryl methyl sites for hydroxylation is 1. The Hall–Kier alpha value is -2.17. The third-order valence-corrected chi connectivity index (χ3v) is 2.83. The van der Waals surface area contributed by atoms with Crippen molar-refractivity contribution in [2.24, 2.45) is 0 Å². The Morgan fingerprint density at radius 1 is 1.39 bits per heavy atom. The van der Waals surface area contributed by atoms with Crippen LogP contribution in [0, 0.1) is 6.92 Å². The van der Waals surface area contributed by atoms with Gasteiger partial charge in [0.05, 0.1) is 18.7 Å². The second-order valence-corrected chi connectivity index (χ2v) is 4.07. The Morgan fingerprint density at radius 2 is 2.11 bits per heavy atom. The number of methoxy groups -OCH3 is 1.